The third-order valence-electron chi connectivity index (χ3n) is 2.70. The summed E-state index contributed by atoms with van der Waals surface area (Å²) in [6.45, 7) is 4.97. The number of thiazole rings is 1. The van der Waals surface area contributed by atoms with Crippen molar-refractivity contribution >= 4 is 38.9 Å². The second-order valence-corrected chi connectivity index (χ2v) is 6.77. The van der Waals surface area contributed by atoms with Gasteiger partial charge in [-0.25, -0.2) is 4.98 Å². The molecule has 0 saturated heterocycles. The highest BCUT2D eigenvalue weighted by Crippen LogP contribution is 2.25. The van der Waals surface area contributed by atoms with Crippen LogP contribution in [0.3, 0.4) is 0 Å². The van der Waals surface area contributed by atoms with Crippen molar-refractivity contribution in [3.63, 3.8) is 0 Å². The Morgan fingerprint density at radius 2 is 2.22 bits per heavy atom. The second-order valence-electron chi connectivity index (χ2n) is 4.55. The van der Waals surface area contributed by atoms with Crippen molar-refractivity contribution in [3.8, 4) is 0 Å². The van der Waals surface area contributed by atoms with Crippen molar-refractivity contribution in [2.45, 2.75) is 25.9 Å². The van der Waals surface area contributed by atoms with Gasteiger partial charge in [-0.1, -0.05) is 33.6 Å². The van der Waals surface area contributed by atoms with Crippen molar-refractivity contribution < 1.29 is 0 Å². The molecule has 2 rings (SSSR count). The summed E-state index contributed by atoms with van der Waals surface area (Å²) < 4.78 is 0.996. The van der Waals surface area contributed by atoms with Crippen LogP contribution < -0.4 is 5.32 Å². The Hall–Kier alpha value is -0.420. The number of nitrogens with zero attached hydrogens (tertiary/aromatic N) is 1. The summed E-state index contributed by atoms with van der Waals surface area (Å²) in [6, 6.07) is 5.94. The first-order chi connectivity index (χ1) is 8.49. The third kappa shape index (κ3) is 3.32. The van der Waals surface area contributed by atoms with Gasteiger partial charge in [-0.3, -0.25) is 0 Å². The van der Waals surface area contributed by atoms with Gasteiger partial charge in [0, 0.05) is 27.6 Å². The molecule has 1 aromatic carbocycles. The summed E-state index contributed by atoms with van der Waals surface area (Å²) in [5.41, 5.74) is 0.939. The molecule has 0 aliphatic rings. The van der Waals surface area contributed by atoms with Crippen LogP contribution in [0.1, 0.15) is 24.4 Å². The van der Waals surface area contributed by atoms with Crippen LogP contribution in [-0.2, 0) is 12.1 Å². The summed E-state index contributed by atoms with van der Waals surface area (Å²) in [4.78, 5) is 4.35. The first-order valence-electron chi connectivity index (χ1n) is 5.58. The lowest BCUT2D eigenvalue weighted by Crippen LogP contribution is -2.35. The summed E-state index contributed by atoms with van der Waals surface area (Å²) in [5, 5.41) is 7.33. The lowest BCUT2D eigenvalue weighted by atomic mass is 10.1. The molecular formula is C13H14BrClN2S. The van der Waals surface area contributed by atoms with E-state index in [0.29, 0.717) is 0 Å². The average molecular weight is 346 g/mol. The predicted octanol–water partition coefficient (Wildman–Crippen LogP) is 4.58. The van der Waals surface area contributed by atoms with Crippen molar-refractivity contribution in [2.75, 3.05) is 0 Å². The molecule has 2 aromatic rings. The molecule has 0 bridgehead atoms. The Balaban J connectivity index is 2.07. The van der Waals surface area contributed by atoms with Gasteiger partial charge in [0.2, 0.25) is 0 Å². The smallest absolute Gasteiger partial charge is 0.112 e. The SMILES string of the molecule is CC(C)(NCc1ccc(Br)cc1Cl)c1nccs1. The zero-order valence-corrected chi connectivity index (χ0v) is 13.4. The third-order valence-corrected chi connectivity index (χ3v) is 4.64. The van der Waals surface area contributed by atoms with Gasteiger partial charge < -0.3 is 5.32 Å². The van der Waals surface area contributed by atoms with Gasteiger partial charge in [0.05, 0.1) is 5.54 Å². The molecule has 0 unspecified atom stereocenters. The Morgan fingerprint density at radius 1 is 1.44 bits per heavy atom. The Labute approximate surface area is 125 Å². The van der Waals surface area contributed by atoms with Crippen molar-refractivity contribution in [1.29, 1.82) is 0 Å². The molecule has 0 aliphatic heterocycles. The monoisotopic (exact) mass is 344 g/mol. The molecule has 0 radical (unpaired) electrons. The molecule has 1 aromatic heterocycles. The molecule has 0 spiro atoms. The molecular weight excluding hydrogens is 332 g/mol. The summed E-state index contributed by atoms with van der Waals surface area (Å²) >= 11 is 11.3. The first kappa shape index (κ1) is 14.0. The van der Waals surface area contributed by atoms with Gasteiger partial charge >= 0.3 is 0 Å². The minimum atomic E-state index is -0.148. The van der Waals surface area contributed by atoms with Crippen LogP contribution in [0.15, 0.2) is 34.2 Å². The van der Waals surface area contributed by atoms with Crippen LogP contribution in [0.5, 0.6) is 0 Å². The maximum atomic E-state index is 6.20. The molecule has 0 aliphatic carbocycles. The van der Waals surface area contributed by atoms with Crippen LogP contribution in [0.4, 0.5) is 0 Å². The van der Waals surface area contributed by atoms with Crippen LogP contribution in [-0.4, -0.2) is 4.98 Å². The highest BCUT2D eigenvalue weighted by Gasteiger charge is 2.22. The Bertz CT molecular complexity index is 526. The number of rotatable bonds is 4. The summed E-state index contributed by atoms with van der Waals surface area (Å²) in [5.74, 6) is 0. The first-order valence-corrected chi connectivity index (χ1v) is 7.63. The number of aromatic nitrogens is 1. The predicted molar refractivity (Wildman–Crippen MR) is 81.1 cm³/mol. The topological polar surface area (TPSA) is 24.9 Å². The van der Waals surface area contributed by atoms with E-state index < -0.39 is 0 Å². The van der Waals surface area contributed by atoms with Crippen LogP contribution >= 0.6 is 38.9 Å². The summed E-state index contributed by atoms with van der Waals surface area (Å²) in [7, 11) is 0. The number of benzene rings is 1. The maximum Gasteiger partial charge on any atom is 0.112 e. The molecule has 1 N–H and O–H groups in total. The van der Waals surface area contributed by atoms with Gasteiger partial charge in [-0.2, -0.15) is 0 Å². The van der Waals surface area contributed by atoms with Crippen molar-refractivity contribution in [3.05, 3.63) is 49.8 Å². The van der Waals surface area contributed by atoms with Gasteiger partial charge in [-0.15, -0.1) is 11.3 Å². The highest BCUT2D eigenvalue weighted by atomic mass is 79.9. The zero-order chi connectivity index (χ0) is 13.2. The Morgan fingerprint density at radius 3 is 2.83 bits per heavy atom. The van der Waals surface area contributed by atoms with E-state index in [-0.39, 0.29) is 5.54 Å². The van der Waals surface area contributed by atoms with Gasteiger partial charge in [0.25, 0.3) is 0 Å². The molecule has 0 fully saturated rings. The molecule has 1 heterocycles. The summed E-state index contributed by atoms with van der Waals surface area (Å²) in [6.07, 6.45) is 1.83. The van der Waals surface area contributed by atoms with E-state index in [1.54, 1.807) is 11.3 Å². The van der Waals surface area contributed by atoms with Gasteiger partial charge in [-0.05, 0) is 31.5 Å². The minimum Gasteiger partial charge on any atom is -0.302 e. The molecule has 5 heteroatoms. The fourth-order valence-electron chi connectivity index (χ4n) is 1.59. The molecule has 0 saturated carbocycles. The largest absolute Gasteiger partial charge is 0.302 e. The fraction of sp³-hybridized carbons (Fsp3) is 0.308. The van der Waals surface area contributed by atoms with Crippen molar-refractivity contribution in [1.82, 2.24) is 10.3 Å². The van der Waals surface area contributed by atoms with E-state index in [2.05, 4.69) is 40.1 Å². The van der Waals surface area contributed by atoms with E-state index >= 15 is 0 Å². The molecule has 0 amide bonds. The maximum absolute atomic E-state index is 6.20. The lowest BCUT2D eigenvalue weighted by Gasteiger charge is -2.24. The van der Waals surface area contributed by atoms with E-state index in [1.807, 2.05) is 29.8 Å². The molecule has 2 nitrogen and oxygen atoms in total. The van der Waals surface area contributed by atoms with E-state index in [0.717, 1.165) is 26.6 Å². The van der Waals surface area contributed by atoms with E-state index in [4.69, 9.17) is 11.6 Å². The van der Waals surface area contributed by atoms with E-state index in [9.17, 15) is 0 Å². The van der Waals surface area contributed by atoms with Gasteiger partial charge in [0.15, 0.2) is 0 Å². The minimum absolute atomic E-state index is 0.148. The van der Waals surface area contributed by atoms with Crippen LogP contribution in [0.2, 0.25) is 5.02 Å². The average Bonchev–Trinajstić information content (AvgIpc) is 2.82. The van der Waals surface area contributed by atoms with Crippen molar-refractivity contribution in [2.24, 2.45) is 0 Å². The van der Waals surface area contributed by atoms with E-state index in [1.165, 1.54) is 0 Å². The second kappa shape index (κ2) is 5.70. The fourth-order valence-corrected chi connectivity index (χ4v) is 3.07. The van der Waals surface area contributed by atoms with Gasteiger partial charge in [0.1, 0.15) is 5.01 Å². The Kier molecular flexibility index (Phi) is 4.43. The highest BCUT2D eigenvalue weighted by molar-refractivity contribution is 9.10. The number of hydrogen-bond acceptors (Lipinski definition) is 3. The number of hydrogen-bond donors (Lipinski definition) is 1. The quantitative estimate of drug-likeness (QED) is 0.877. The molecule has 96 valence electrons. The number of halogens is 2. The molecule has 18 heavy (non-hydrogen) atoms. The lowest BCUT2D eigenvalue weighted by molar-refractivity contribution is 0.399. The van der Waals surface area contributed by atoms with Crippen LogP contribution in [0.25, 0.3) is 0 Å². The number of nitrogens with one attached hydrogen (secondary N) is 1. The zero-order valence-electron chi connectivity index (χ0n) is 10.2. The normalized spacial score (nSPS) is 11.8. The van der Waals surface area contributed by atoms with Crippen LogP contribution in [0, 0.1) is 0 Å². The standard InChI is InChI=1S/C13H14BrClN2S/c1-13(2,12-16-5-6-18-12)17-8-9-3-4-10(14)7-11(9)15/h3-7,17H,8H2,1-2H3. The molecule has 0 atom stereocenters.